The third kappa shape index (κ3) is 3.78. The van der Waals surface area contributed by atoms with E-state index in [-0.39, 0.29) is 11.3 Å². The third-order valence-corrected chi connectivity index (χ3v) is 5.01. The van der Waals surface area contributed by atoms with Gasteiger partial charge in [0.05, 0.1) is 12.2 Å². The minimum atomic E-state index is 0.180. The summed E-state index contributed by atoms with van der Waals surface area (Å²) in [5.74, 6) is 1.51. The lowest BCUT2D eigenvalue weighted by atomic mass is 10.0. The van der Waals surface area contributed by atoms with Gasteiger partial charge in [-0.1, -0.05) is 12.8 Å². The molecule has 1 saturated carbocycles. The molecule has 0 amide bonds. The summed E-state index contributed by atoms with van der Waals surface area (Å²) < 4.78 is 1.84. The number of rotatable bonds is 7. The molecule has 26 heavy (non-hydrogen) atoms. The fourth-order valence-corrected chi connectivity index (χ4v) is 3.44. The highest BCUT2D eigenvalue weighted by Crippen LogP contribution is 2.34. The Balaban J connectivity index is 1.59. The fraction of sp³-hybridized carbons (Fsp3) is 0.444. The predicted molar refractivity (Wildman–Crippen MR) is 101 cm³/mol. The van der Waals surface area contributed by atoms with Gasteiger partial charge in [-0.05, 0) is 55.0 Å². The largest absolute Gasteiger partial charge is 0.363 e. The average molecular weight is 372 g/mol. The van der Waals surface area contributed by atoms with E-state index < -0.39 is 0 Å². The van der Waals surface area contributed by atoms with Gasteiger partial charge in [-0.25, -0.2) is 14.5 Å². The van der Waals surface area contributed by atoms with Gasteiger partial charge in [-0.2, -0.15) is 4.98 Å². The first-order chi connectivity index (χ1) is 12.6. The second-order valence-electron chi connectivity index (χ2n) is 6.98. The van der Waals surface area contributed by atoms with Gasteiger partial charge in [-0.15, -0.1) is 5.10 Å². The van der Waals surface area contributed by atoms with E-state index in [2.05, 4.69) is 31.4 Å². The van der Waals surface area contributed by atoms with Gasteiger partial charge in [0.25, 0.3) is 0 Å². The molecule has 4 rings (SSSR count). The van der Waals surface area contributed by atoms with Crippen LogP contribution < -0.4 is 11.1 Å². The highest BCUT2D eigenvalue weighted by Gasteiger charge is 2.24. The first kappa shape index (κ1) is 17.2. The highest BCUT2D eigenvalue weighted by atomic mass is 35.5. The molecule has 0 aromatic carbocycles. The molecule has 1 aliphatic rings. The van der Waals surface area contributed by atoms with E-state index in [1.165, 1.54) is 24.7 Å². The summed E-state index contributed by atoms with van der Waals surface area (Å²) in [4.78, 5) is 12.5. The lowest BCUT2D eigenvalue weighted by molar-refractivity contribution is 0.565. The standard InChI is InChI=1S/C18H22ClN7/c1-11-13(7-14(20)6-12-2-3-12)8-16-17(24-18(19)25-26(11)16)22-9-15-4-5-21-10-23-15/h4-5,8,10,12,14H,2-3,6-7,9,20H2,1H3,(H,22,24,25)/t14-/m0/s1. The zero-order chi connectivity index (χ0) is 18.1. The van der Waals surface area contributed by atoms with Crippen molar-refractivity contribution < 1.29 is 0 Å². The Kier molecular flexibility index (Phi) is 4.74. The van der Waals surface area contributed by atoms with Crippen LogP contribution in [0.4, 0.5) is 5.82 Å². The number of nitrogens with one attached hydrogen (secondary N) is 1. The zero-order valence-electron chi connectivity index (χ0n) is 14.7. The van der Waals surface area contributed by atoms with Crippen molar-refractivity contribution in [3.05, 3.63) is 46.9 Å². The van der Waals surface area contributed by atoms with Crippen molar-refractivity contribution in [1.82, 2.24) is 24.6 Å². The fourth-order valence-electron chi connectivity index (χ4n) is 3.28. The van der Waals surface area contributed by atoms with E-state index in [1.54, 1.807) is 6.20 Å². The van der Waals surface area contributed by atoms with Crippen LogP contribution in [0.5, 0.6) is 0 Å². The Morgan fingerprint density at radius 1 is 1.42 bits per heavy atom. The summed E-state index contributed by atoms with van der Waals surface area (Å²) in [6, 6.07) is 4.15. The smallest absolute Gasteiger partial charge is 0.243 e. The molecule has 0 spiro atoms. The van der Waals surface area contributed by atoms with E-state index in [0.717, 1.165) is 35.7 Å². The molecule has 3 heterocycles. The third-order valence-electron chi connectivity index (χ3n) is 4.85. The Labute approximate surface area is 157 Å². The minimum Gasteiger partial charge on any atom is -0.363 e. The Hall–Kier alpha value is -2.25. The van der Waals surface area contributed by atoms with Crippen molar-refractivity contribution in [2.45, 2.75) is 45.2 Å². The number of halogens is 1. The molecule has 7 nitrogen and oxygen atoms in total. The topological polar surface area (TPSA) is 94.0 Å². The lowest BCUT2D eigenvalue weighted by Gasteiger charge is -2.10. The SMILES string of the molecule is Cc1c(C[C@@H](N)CC2CC2)cc2c(NCc3ccncn3)nc(Cl)nn12. The molecule has 3 N–H and O–H groups in total. The van der Waals surface area contributed by atoms with Gasteiger partial charge in [0.15, 0.2) is 5.82 Å². The molecule has 0 radical (unpaired) electrons. The average Bonchev–Trinajstić information content (AvgIpc) is 3.39. The van der Waals surface area contributed by atoms with Crippen molar-refractivity contribution >= 4 is 22.9 Å². The Morgan fingerprint density at radius 3 is 3.00 bits per heavy atom. The van der Waals surface area contributed by atoms with Gasteiger partial charge in [0.1, 0.15) is 11.8 Å². The molecule has 1 aliphatic carbocycles. The van der Waals surface area contributed by atoms with Crippen LogP contribution in [0.2, 0.25) is 5.28 Å². The molecule has 0 unspecified atom stereocenters. The van der Waals surface area contributed by atoms with Crippen molar-refractivity contribution in [3.8, 4) is 0 Å². The molecule has 136 valence electrons. The number of nitrogens with zero attached hydrogens (tertiary/aromatic N) is 5. The zero-order valence-corrected chi connectivity index (χ0v) is 15.4. The number of fused-ring (bicyclic) bond motifs is 1. The maximum atomic E-state index is 6.34. The van der Waals surface area contributed by atoms with Crippen LogP contribution in [-0.2, 0) is 13.0 Å². The van der Waals surface area contributed by atoms with Crippen molar-refractivity contribution in [3.63, 3.8) is 0 Å². The molecule has 3 aromatic rings. The second kappa shape index (κ2) is 7.17. The van der Waals surface area contributed by atoms with Crippen LogP contribution in [-0.4, -0.2) is 30.6 Å². The first-order valence-corrected chi connectivity index (χ1v) is 9.27. The van der Waals surface area contributed by atoms with Gasteiger partial charge >= 0.3 is 0 Å². The van der Waals surface area contributed by atoms with Gasteiger partial charge in [-0.3, -0.25) is 0 Å². The molecule has 3 aromatic heterocycles. The first-order valence-electron chi connectivity index (χ1n) is 8.89. The molecule has 1 fully saturated rings. The van der Waals surface area contributed by atoms with Crippen LogP contribution in [0.3, 0.4) is 0 Å². The lowest BCUT2D eigenvalue weighted by Crippen LogP contribution is -2.23. The maximum absolute atomic E-state index is 6.34. The normalized spacial score (nSPS) is 15.3. The van der Waals surface area contributed by atoms with E-state index in [1.807, 2.05) is 17.5 Å². The molecule has 8 heteroatoms. The summed E-state index contributed by atoms with van der Waals surface area (Å²) in [5, 5.41) is 7.86. The highest BCUT2D eigenvalue weighted by molar-refractivity contribution is 6.28. The summed E-state index contributed by atoms with van der Waals surface area (Å²) in [6.45, 7) is 2.58. The monoisotopic (exact) mass is 371 g/mol. The number of hydrogen-bond acceptors (Lipinski definition) is 6. The Bertz CT molecular complexity index is 905. The number of hydrogen-bond donors (Lipinski definition) is 2. The minimum absolute atomic E-state index is 0.180. The number of anilines is 1. The summed E-state index contributed by atoms with van der Waals surface area (Å²) in [6.07, 6.45) is 7.82. The molecule has 0 aliphatic heterocycles. The van der Waals surface area contributed by atoms with E-state index in [9.17, 15) is 0 Å². The Morgan fingerprint density at radius 2 is 2.27 bits per heavy atom. The van der Waals surface area contributed by atoms with Crippen molar-refractivity contribution in [1.29, 1.82) is 0 Å². The van der Waals surface area contributed by atoms with Crippen molar-refractivity contribution in [2.75, 3.05) is 5.32 Å². The van der Waals surface area contributed by atoms with Crippen LogP contribution in [0.15, 0.2) is 24.7 Å². The van der Waals surface area contributed by atoms with Crippen LogP contribution >= 0.6 is 11.6 Å². The summed E-state index contributed by atoms with van der Waals surface area (Å²) in [5.41, 5.74) is 10.4. The van der Waals surface area contributed by atoms with E-state index in [0.29, 0.717) is 12.4 Å². The van der Waals surface area contributed by atoms with Gasteiger partial charge in [0.2, 0.25) is 5.28 Å². The molecular weight excluding hydrogens is 350 g/mol. The van der Waals surface area contributed by atoms with Crippen LogP contribution in [0, 0.1) is 12.8 Å². The number of aromatic nitrogens is 5. The van der Waals surface area contributed by atoms with Crippen LogP contribution in [0.25, 0.3) is 5.52 Å². The molecular formula is C18H22ClN7. The number of aryl methyl sites for hydroxylation is 1. The number of nitrogens with two attached hydrogens (primary N) is 1. The predicted octanol–water partition coefficient (Wildman–Crippen LogP) is 2.76. The van der Waals surface area contributed by atoms with Crippen molar-refractivity contribution in [2.24, 2.45) is 11.7 Å². The molecule has 0 bridgehead atoms. The quantitative estimate of drug-likeness (QED) is 0.663. The summed E-state index contributed by atoms with van der Waals surface area (Å²) in [7, 11) is 0. The molecule has 0 saturated heterocycles. The van der Waals surface area contributed by atoms with E-state index in [4.69, 9.17) is 17.3 Å². The second-order valence-corrected chi connectivity index (χ2v) is 7.32. The van der Waals surface area contributed by atoms with E-state index >= 15 is 0 Å². The van der Waals surface area contributed by atoms with Crippen LogP contribution in [0.1, 0.15) is 36.2 Å². The van der Waals surface area contributed by atoms with Gasteiger partial charge in [0, 0.05) is 17.9 Å². The molecule has 1 atom stereocenters. The maximum Gasteiger partial charge on any atom is 0.243 e. The summed E-state index contributed by atoms with van der Waals surface area (Å²) >= 11 is 6.14. The van der Waals surface area contributed by atoms with Gasteiger partial charge < -0.3 is 11.1 Å².